The first-order valence-electron chi connectivity index (χ1n) is 14.9. The third kappa shape index (κ3) is 7.33. The maximum Gasteiger partial charge on any atom is 0.306 e. The molecule has 0 heterocycles. The molecule has 0 N–H and O–H groups in total. The van der Waals surface area contributed by atoms with Gasteiger partial charge in [0.25, 0.3) is 0 Å². The zero-order chi connectivity index (χ0) is 26.0. The number of unbranched alkanes of at least 4 members (excludes halogenated alkanes) is 11. The van der Waals surface area contributed by atoms with Crippen LogP contribution in [0.1, 0.15) is 130 Å². The third-order valence-corrected chi connectivity index (χ3v) is 8.83. The molecular weight excluding hydrogens is 444 g/mol. The average molecular weight is 495 g/mol. The van der Waals surface area contributed by atoms with Gasteiger partial charge in [0.05, 0.1) is 0 Å². The average Bonchev–Trinajstić information content (AvgIpc) is 3.60. The zero-order valence-corrected chi connectivity index (χ0v) is 23.6. The molecule has 1 spiro atoms. The lowest BCUT2D eigenvalue weighted by Crippen LogP contribution is -2.31. The summed E-state index contributed by atoms with van der Waals surface area (Å²) in [6.07, 6.45) is 25.7. The molecule has 0 aliphatic heterocycles. The first-order chi connectivity index (χ1) is 17.4. The molecule has 3 heteroatoms. The van der Waals surface area contributed by atoms with E-state index < -0.39 is 0 Å². The highest BCUT2D eigenvalue weighted by Crippen LogP contribution is 2.63. The van der Waals surface area contributed by atoms with Gasteiger partial charge in [0, 0.05) is 28.9 Å². The summed E-state index contributed by atoms with van der Waals surface area (Å²) in [6.45, 7) is 8.86. The van der Waals surface area contributed by atoms with Crippen LogP contribution in [-0.2, 0) is 14.3 Å². The molecule has 0 aromatic heterocycles. The van der Waals surface area contributed by atoms with Gasteiger partial charge in [-0.05, 0) is 76.0 Å². The van der Waals surface area contributed by atoms with E-state index in [2.05, 4.69) is 32.9 Å². The maximum absolute atomic E-state index is 13.0. The Bertz CT molecular complexity index is 894. The number of fused-ring (bicyclic) bond motifs is 1. The molecule has 0 aromatic carbocycles. The first-order valence-corrected chi connectivity index (χ1v) is 14.9. The third-order valence-electron chi connectivity index (χ3n) is 8.83. The van der Waals surface area contributed by atoms with Gasteiger partial charge in [0.1, 0.15) is 6.61 Å². The number of allylic oxidation sites excluding steroid dienone is 6. The van der Waals surface area contributed by atoms with Crippen molar-refractivity contribution in [3.05, 3.63) is 46.1 Å². The van der Waals surface area contributed by atoms with Gasteiger partial charge in [-0.1, -0.05) is 82.9 Å². The summed E-state index contributed by atoms with van der Waals surface area (Å²) in [5.41, 5.74) is 5.45. The molecule has 1 saturated carbocycles. The molecule has 36 heavy (non-hydrogen) atoms. The van der Waals surface area contributed by atoms with E-state index in [0.29, 0.717) is 13.0 Å². The molecule has 200 valence electrons. The Morgan fingerprint density at radius 2 is 1.53 bits per heavy atom. The Morgan fingerprint density at radius 1 is 0.944 bits per heavy atom. The van der Waals surface area contributed by atoms with Crippen molar-refractivity contribution in [3.8, 4) is 0 Å². The molecule has 0 aromatic rings. The molecule has 0 unspecified atom stereocenters. The van der Waals surface area contributed by atoms with Gasteiger partial charge >= 0.3 is 5.97 Å². The summed E-state index contributed by atoms with van der Waals surface area (Å²) in [6, 6.07) is 0. The van der Waals surface area contributed by atoms with Crippen LogP contribution in [0.5, 0.6) is 0 Å². The second kappa shape index (κ2) is 14.1. The van der Waals surface area contributed by atoms with Gasteiger partial charge in [-0.2, -0.15) is 0 Å². The number of ketones is 1. The summed E-state index contributed by atoms with van der Waals surface area (Å²) in [5.74, 6) is 0.224. The molecule has 3 aliphatic carbocycles. The molecule has 3 aliphatic rings. The molecule has 0 radical (unpaired) electrons. The number of rotatable bonds is 17. The number of esters is 1. The Labute approximate surface area is 220 Å². The van der Waals surface area contributed by atoms with Crippen molar-refractivity contribution in [1.29, 1.82) is 0 Å². The predicted molar refractivity (Wildman–Crippen MR) is 150 cm³/mol. The van der Waals surface area contributed by atoms with Crippen LogP contribution in [0.3, 0.4) is 0 Å². The molecular formula is C33H50O3. The van der Waals surface area contributed by atoms with Crippen LogP contribution in [0.15, 0.2) is 46.1 Å². The standard InChI is InChI=1S/C33H50O3/c1-5-6-7-8-9-10-11-12-13-14-15-16-17-18-19-20-30(34)36-24-29-25(2)23-28-31(29)26(3)33(21-22-33)27(4)32(28)35/h12-13,23,27H,5-11,14-22,24H2,1-4H3/b13-12+/t27-/m1/s1. The highest BCUT2D eigenvalue weighted by Gasteiger charge is 2.56. The van der Waals surface area contributed by atoms with Crippen LogP contribution < -0.4 is 0 Å². The smallest absolute Gasteiger partial charge is 0.306 e. The van der Waals surface area contributed by atoms with Crippen molar-refractivity contribution >= 4 is 11.8 Å². The van der Waals surface area contributed by atoms with Crippen molar-refractivity contribution in [1.82, 2.24) is 0 Å². The van der Waals surface area contributed by atoms with Gasteiger partial charge in [-0.25, -0.2) is 0 Å². The van der Waals surface area contributed by atoms with E-state index in [4.69, 9.17) is 4.74 Å². The second-order valence-electron chi connectivity index (χ2n) is 11.5. The summed E-state index contributed by atoms with van der Waals surface area (Å²) in [5, 5.41) is 0. The Balaban J connectivity index is 1.25. The zero-order valence-electron chi connectivity index (χ0n) is 23.6. The molecule has 1 fully saturated rings. The van der Waals surface area contributed by atoms with Crippen LogP contribution in [0.4, 0.5) is 0 Å². The highest BCUT2D eigenvalue weighted by atomic mass is 16.5. The molecule has 0 bridgehead atoms. The Morgan fingerprint density at radius 3 is 2.14 bits per heavy atom. The largest absolute Gasteiger partial charge is 0.461 e. The van der Waals surface area contributed by atoms with Gasteiger partial charge in [-0.15, -0.1) is 0 Å². The lowest BCUT2D eigenvalue weighted by atomic mass is 9.70. The monoisotopic (exact) mass is 494 g/mol. The van der Waals surface area contributed by atoms with Crippen molar-refractivity contribution in [2.75, 3.05) is 6.61 Å². The molecule has 0 saturated heterocycles. The van der Waals surface area contributed by atoms with Crippen molar-refractivity contribution in [3.63, 3.8) is 0 Å². The fourth-order valence-electron chi connectivity index (χ4n) is 6.11. The Hall–Kier alpha value is -1.90. The van der Waals surface area contributed by atoms with E-state index in [0.717, 1.165) is 48.0 Å². The van der Waals surface area contributed by atoms with E-state index in [9.17, 15) is 9.59 Å². The number of ether oxygens (including phenoxy) is 1. The normalized spacial score (nSPS) is 20.5. The van der Waals surface area contributed by atoms with Crippen molar-refractivity contribution < 1.29 is 14.3 Å². The van der Waals surface area contributed by atoms with Crippen LogP contribution in [0, 0.1) is 11.3 Å². The minimum Gasteiger partial charge on any atom is -0.461 e. The fourth-order valence-corrected chi connectivity index (χ4v) is 6.11. The number of carbonyl (C=O) groups excluding carboxylic acids is 2. The van der Waals surface area contributed by atoms with Crippen LogP contribution in [0.2, 0.25) is 0 Å². The lowest BCUT2D eigenvalue weighted by Gasteiger charge is -2.32. The van der Waals surface area contributed by atoms with Crippen LogP contribution in [0.25, 0.3) is 0 Å². The number of hydrogen-bond donors (Lipinski definition) is 0. The summed E-state index contributed by atoms with van der Waals surface area (Å²) >= 11 is 0. The van der Waals surface area contributed by atoms with E-state index in [1.807, 2.05) is 13.0 Å². The minimum atomic E-state index is -0.115. The number of hydrogen-bond acceptors (Lipinski definition) is 3. The van der Waals surface area contributed by atoms with Crippen LogP contribution in [-0.4, -0.2) is 18.4 Å². The van der Waals surface area contributed by atoms with E-state index in [1.165, 1.54) is 76.2 Å². The van der Waals surface area contributed by atoms with Gasteiger partial charge in [0.2, 0.25) is 0 Å². The first kappa shape index (κ1) is 28.7. The minimum absolute atomic E-state index is 0.0628. The van der Waals surface area contributed by atoms with Gasteiger partial charge < -0.3 is 4.74 Å². The van der Waals surface area contributed by atoms with Crippen LogP contribution >= 0.6 is 0 Å². The predicted octanol–water partition coefficient (Wildman–Crippen LogP) is 9.14. The van der Waals surface area contributed by atoms with Gasteiger partial charge in [0.15, 0.2) is 5.78 Å². The van der Waals surface area contributed by atoms with E-state index in [-0.39, 0.29) is 23.1 Å². The SMILES string of the molecule is CCCCCCCC/C=C/CCCCCCCC(=O)OCC1=C(C)C=C2C(=O)[C@@H](C)C3(CC3)C(C)=C21. The van der Waals surface area contributed by atoms with Crippen molar-refractivity contribution in [2.45, 2.75) is 130 Å². The van der Waals surface area contributed by atoms with E-state index >= 15 is 0 Å². The van der Waals surface area contributed by atoms with Crippen molar-refractivity contribution in [2.24, 2.45) is 11.3 Å². The summed E-state index contributed by atoms with van der Waals surface area (Å²) < 4.78 is 5.68. The van der Waals surface area contributed by atoms with E-state index in [1.54, 1.807) is 0 Å². The lowest BCUT2D eigenvalue weighted by molar-refractivity contribution is -0.142. The molecule has 3 rings (SSSR count). The molecule has 1 atom stereocenters. The molecule has 3 nitrogen and oxygen atoms in total. The topological polar surface area (TPSA) is 43.4 Å². The van der Waals surface area contributed by atoms with Gasteiger partial charge in [-0.3, -0.25) is 9.59 Å². The summed E-state index contributed by atoms with van der Waals surface area (Å²) in [7, 11) is 0. The fraction of sp³-hybridized carbons (Fsp3) is 0.697. The second-order valence-corrected chi connectivity index (χ2v) is 11.5. The molecule has 0 amide bonds. The Kier molecular flexibility index (Phi) is 11.3. The highest BCUT2D eigenvalue weighted by molar-refractivity contribution is 6.07. The number of carbonyl (C=O) groups is 2. The quantitative estimate of drug-likeness (QED) is 0.115. The summed E-state index contributed by atoms with van der Waals surface area (Å²) in [4.78, 5) is 25.3. The maximum atomic E-state index is 13.0. The number of Topliss-reactive ketones (excluding diaryl/α,β-unsaturated/α-hetero) is 1.